The summed E-state index contributed by atoms with van der Waals surface area (Å²) in [6.45, 7) is 3.88. The molecule has 2 aromatic carbocycles. The molecular weight excluding hydrogens is 450 g/mol. The number of carbonyl (C=O) groups excluding carboxylic acids is 2. The van der Waals surface area contributed by atoms with Gasteiger partial charge in [-0.15, -0.1) is 5.10 Å². The highest BCUT2D eigenvalue weighted by Crippen LogP contribution is 2.19. The molecule has 0 fully saturated rings. The molecule has 0 atom stereocenters. The first kappa shape index (κ1) is 23.2. The van der Waals surface area contributed by atoms with Gasteiger partial charge in [-0.1, -0.05) is 36.0 Å². The number of aryl methyl sites for hydroxylation is 2. The van der Waals surface area contributed by atoms with Gasteiger partial charge in [-0.3, -0.25) is 4.79 Å². The van der Waals surface area contributed by atoms with Crippen LogP contribution in [0.2, 0.25) is 0 Å². The van der Waals surface area contributed by atoms with E-state index in [0.29, 0.717) is 34.4 Å². The lowest BCUT2D eigenvalue weighted by Gasteiger charge is -2.11. The van der Waals surface area contributed by atoms with Gasteiger partial charge in [0.05, 0.1) is 0 Å². The van der Waals surface area contributed by atoms with E-state index in [4.69, 9.17) is 0 Å². The molecule has 0 bridgehead atoms. The van der Waals surface area contributed by atoms with Crippen LogP contribution in [0.4, 0.5) is 21.9 Å². The number of fused-ring (bicyclic) bond motifs is 1. The van der Waals surface area contributed by atoms with Crippen LogP contribution in [0.25, 0.3) is 5.78 Å². The van der Waals surface area contributed by atoms with E-state index in [9.17, 15) is 9.59 Å². The summed E-state index contributed by atoms with van der Waals surface area (Å²) in [6.07, 6.45) is 2.73. The smallest absolute Gasteiger partial charge is 0.323 e. The second-order valence-corrected chi connectivity index (χ2v) is 8.42. The molecule has 0 aliphatic heterocycles. The number of hydrogen-bond donors (Lipinski definition) is 3. The summed E-state index contributed by atoms with van der Waals surface area (Å²) in [7, 11) is 0. The summed E-state index contributed by atoms with van der Waals surface area (Å²) in [5.74, 6) is 0.432. The molecule has 0 saturated carbocycles. The summed E-state index contributed by atoms with van der Waals surface area (Å²) in [5.41, 5.74) is 4.62. The van der Waals surface area contributed by atoms with Gasteiger partial charge in [0, 0.05) is 34.9 Å². The summed E-state index contributed by atoms with van der Waals surface area (Å²) in [4.78, 5) is 33.8. The number of rotatable bonds is 7. The molecule has 0 aliphatic carbocycles. The molecule has 0 unspecified atom stereocenters. The zero-order chi connectivity index (χ0) is 24.1. The fourth-order valence-electron chi connectivity index (χ4n) is 3.59. The van der Waals surface area contributed by atoms with Gasteiger partial charge in [0.25, 0.3) is 5.78 Å². The Balaban J connectivity index is 1.37. The molecule has 10 heteroatoms. The van der Waals surface area contributed by atoms with Gasteiger partial charge in [0.2, 0.25) is 11.1 Å². The monoisotopic (exact) mass is 475 g/mol. The van der Waals surface area contributed by atoms with Crippen LogP contribution < -0.4 is 16.0 Å². The van der Waals surface area contributed by atoms with E-state index in [2.05, 4.69) is 31.0 Å². The number of nitrogens with one attached hydrogen (secondary N) is 3. The SMILES string of the molecule is CSc1nc2nc(C)c(CCC(=O)Nc3cccc(NC(=O)Nc4ccccc4)c3)c(C)n2n1. The molecule has 0 spiro atoms. The molecule has 2 aromatic heterocycles. The molecule has 174 valence electrons. The summed E-state index contributed by atoms with van der Waals surface area (Å²) in [5, 5.41) is 13.5. The maximum absolute atomic E-state index is 12.6. The minimum Gasteiger partial charge on any atom is -0.326 e. The number of thioether (sulfide) groups is 1. The average Bonchev–Trinajstić information content (AvgIpc) is 3.23. The molecule has 4 rings (SSSR count). The highest BCUT2D eigenvalue weighted by molar-refractivity contribution is 7.98. The van der Waals surface area contributed by atoms with Crippen molar-refractivity contribution in [2.45, 2.75) is 31.8 Å². The summed E-state index contributed by atoms with van der Waals surface area (Å²) in [6, 6.07) is 15.8. The lowest BCUT2D eigenvalue weighted by atomic mass is 10.1. The number of carbonyl (C=O) groups is 2. The minimum atomic E-state index is -0.360. The van der Waals surface area contributed by atoms with Crippen molar-refractivity contribution < 1.29 is 9.59 Å². The summed E-state index contributed by atoms with van der Waals surface area (Å²) < 4.78 is 1.72. The Kier molecular flexibility index (Phi) is 7.07. The maximum Gasteiger partial charge on any atom is 0.323 e. The van der Waals surface area contributed by atoms with Crippen LogP contribution in [0.1, 0.15) is 23.4 Å². The van der Waals surface area contributed by atoms with Gasteiger partial charge >= 0.3 is 6.03 Å². The minimum absolute atomic E-state index is 0.131. The van der Waals surface area contributed by atoms with Crippen molar-refractivity contribution in [2.75, 3.05) is 22.2 Å². The Bertz CT molecular complexity index is 1340. The van der Waals surface area contributed by atoms with Gasteiger partial charge in [-0.2, -0.15) is 4.98 Å². The molecule has 0 saturated heterocycles. The van der Waals surface area contributed by atoms with Gasteiger partial charge in [0.1, 0.15) is 0 Å². The Morgan fingerprint density at radius 2 is 1.59 bits per heavy atom. The van der Waals surface area contributed by atoms with E-state index in [1.807, 2.05) is 38.3 Å². The Morgan fingerprint density at radius 3 is 2.32 bits per heavy atom. The van der Waals surface area contributed by atoms with Crippen molar-refractivity contribution in [1.82, 2.24) is 19.6 Å². The molecule has 0 aliphatic rings. The number of urea groups is 1. The van der Waals surface area contributed by atoms with Crippen LogP contribution in [0, 0.1) is 13.8 Å². The van der Waals surface area contributed by atoms with Crippen molar-refractivity contribution in [3.8, 4) is 0 Å². The first-order chi connectivity index (χ1) is 16.4. The lowest BCUT2D eigenvalue weighted by molar-refractivity contribution is -0.116. The van der Waals surface area contributed by atoms with E-state index < -0.39 is 0 Å². The number of benzene rings is 2. The van der Waals surface area contributed by atoms with E-state index in [1.54, 1.807) is 40.9 Å². The van der Waals surface area contributed by atoms with Crippen LogP contribution in [-0.4, -0.2) is 37.8 Å². The Morgan fingerprint density at radius 1 is 0.912 bits per heavy atom. The molecule has 34 heavy (non-hydrogen) atoms. The molecule has 2 heterocycles. The van der Waals surface area contributed by atoms with Crippen LogP contribution in [0.3, 0.4) is 0 Å². The number of nitrogens with zero attached hydrogens (tertiary/aromatic N) is 4. The molecule has 0 radical (unpaired) electrons. The van der Waals surface area contributed by atoms with Crippen molar-refractivity contribution in [1.29, 1.82) is 0 Å². The largest absolute Gasteiger partial charge is 0.326 e. The maximum atomic E-state index is 12.6. The topological polar surface area (TPSA) is 113 Å². The van der Waals surface area contributed by atoms with E-state index in [-0.39, 0.29) is 18.4 Å². The number of hydrogen-bond acceptors (Lipinski definition) is 6. The molecule has 4 aromatic rings. The van der Waals surface area contributed by atoms with Crippen LogP contribution in [0.5, 0.6) is 0 Å². The first-order valence-corrected chi connectivity index (χ1v) is 11.9. The lowest BCUT2D eigenvalue weighted by Crippen LogP contribution is -2.19. The Hall–Kier alpha value is -3.92. The normalized spacial score (nSPS) is 10.8. The van der Waals surface area contributed by atoms with E-state index in [1.165, 1.54) is 11.8 Å². The van der Waals surface area contributed by atoms with Crippen molar-refractivity contribution in [2.24, 2.45) is 0 Å². The predicted octanol–water partition coefficient (Wildman–Crippen LogP) is 4.68. The number of aromatic nitrogens is 4. The standard InChI is InChI=1S/C24H25N7O2S/c1-15-20(16(2)31-22(25-15)29-24(30-31)34-3)12-13-21(32)26-18-10-7-11-19(14-18)28-23(33)27-17-8-5-4-6-9-17/h4-11,14H,12-13H2,1-3H3,(H,26,32)(H2,27,28,33). The molecular formula is C24H25N7O2S. The predicted molar refractivity (Wildman–Crippen MR) is 135 cm³/mol. The van der Waals surface area contributed by atoms with Crippen LogP contribution in [-0.2, 0) is 11.2 Å². The third kappa shape index (κ3) is 5.52. The highest BCUT2D eigenvalue weighted by Gasteiger charge is 2.14. The van der Waals surface area contributed by atoms with Crippen LogP contribution in [0.15, 0.2) is 59.8 Å². The van der Waals surface area contributed by atoms with Crippen LogP contribution >= 0.6 is 11.8 Å². The third-order valence-corrected chi connectivity index (χ3v) is 5.79. The Labute approximate surface area is 201 Å². The third-order valence-electron chi connectivity index (χ3n) is 5.25. The fraction of sp³-hybridized carbons (Fsp3) is 0.208. The molecule has 9 nitrogen and oxygen atoms in total. The van der Waals surface area contributed by atoms with Gasteiger partial charge in [0.15, 0.2) is 0 Å². The highest BCUT2D eigenvalue weighted by atomic mass is 32.2. The van der Waals surface area contributed by atoms with Gasteiger partial charge < -0.3 is 16.0 Å². The van der Waals surface area contributed by atoms with Gasteiger partial charge in [-0.25, -0.2) is 14.3 Å². The molecule has 3 N–H and O–H groups in total. The number of anilines is 3. The first-order valence-electron chi connectivity index (χ1n) is 10.7. The fourth-order valence-corrected chi connectivity index (χ4v) is 3.93. The second-order valence-electron chi connectivity index (χ2n) is 7.65. The van der Waals surface area contributed by atoms with Crippen molar-refractivity contribution >= 4 is 46.5 Å². The van der Waals surface area contributed by atoms with Crippen molar-refractivity contribution in [3.05, 3.63) is 71.5 Å². The van der Waals surface area contributed by atoms with Gasteiger partial charge in [-0.05, 0) is 62.4 Å². The molecule has 3 amide bonds. The summed E-state index contributed by atoms with van der Waals surface area (Å²) >= 11 is 1.46. The second kappa shape index (κ2) is 10.3. The van der Waals surface area contributed by atoms with Crippen molar-refractivity contribution in [3.63, 3.8) is 0 Å². The zero-order valence-electron chi connectivity index (χ0n) is 19.1. The quantitative estimate of drug-likeness (QED) is 0.335. The van der Waals surface area contributed by atoms with E-state index >= 15 is 0 Å². The average molecular weight is 476 g/mol. The van der Waals surface area contributed by atoms with E-state index in [0.717, 1.165) is 17.0 Å². The zero-order valence-corrected chi connectivity index (χ0v) is 19.9. The number of amides is 3. The number of para-hydroxylation sites is 1.